The summed E-state index contributed by atoms with van der Waals surface area (Å²) in [4.78, 5) is 0. The van der Waals surface area contributed by atoms with Crippen molar-refractivity contribution in [3.8, 4) is 5.75 Å². The molecular weight excluding hydrogens is 552 g/mol. The first kappa shape index (κ1) is 38.4. The standard InChI is InChI=1S/C29H54N2O11/c1-31-6-7-32-8-9-33-10-11-34-12-13-35-14-15-36-16-17-37-18-19-38-20-21-39-22-23-40-24-25-41-26-27-42-29-5-3-2-4-28(29)30/h2-5,31H,6-27,30H2,1H3. The number of rotatable bonds is 34. The van der Waals surface area contributed by atoms with E-state index < -0.39 is 0 Å². The molecule has 3 N–H and O–H groups in total. The largest absolute Gasteiger partial charge is 0.489 e. The zero-order chi connectivity index (χ0) is 30.0. The third-order valence-corrected chi connectivity index (χ3v) is 5.25. The zero-order valence-corrected chi connectivity index (χ0v) is 25.4. The molecule has 0 radical (unpaired) electrons. The molecule has 0 unspecified atom stereocenters. The second-order valence-electron chi connectivity index (χ2n) is 8.61. The van der Waals surface area contributed by atoms with E-state index in [1.54, 1.807) is 6.07 Å². The second-order valence-corrected chi connectivity index (χ2v) is 8.61. The van der Waals surface area contributed by atoms with Crippen LogP contribution in [0.15, 0.2) is 24.3 Å². The molecule has 0 atom stereocenters. The number of nitrogen functional groups attached to an aromatic ring is 1. The number of nitrogens with two attached hydrogens (primary N) is 1. The van der Waals surface area contributed by atoms with E-state index >= 15 is 0 Å². The van der Waals surface area contributed by atoms with Gasteiger partial charge in [-0.1, -0.05) is 12.1 Å². The fourth-order valence-corrected chi connectivity index (χ4v) is 3.08. The summed E-state index contributed by atoms with van der Waals surface area (Å²) in [6.45, 7) is 11.9. The van der Waals surface area contributed by atoms with Crippen molar-refractivity contribution in [1.82, 2.24) is 5.32 Å². The van der Waals surface area contributed by atoms with Crippen LogP contribution in [0.5, 0.6) is 5.75 Å². The van der Waals surface area contributed by atoms with Gasteiger partial charge in [0.15, 0.2) is 0 Å². The Hall–Kier alpha value is -1.62. The molecule has 0 aliphatic heterocycles. The highest BCUT2D eigenvalue weighted by atomic mass is 16.6. The summed E-state index contributed by atoms with van der Waals surface area (Å²) in [7, 11) is 1.89. The smallest absolute Gasteiger partial charge is 0.142 e. The minimum atomic E-state index is 0.440. The molecule has 1 aromatic rings. The third-order valence-electron chi connectivity index (χ3n) is 5.25. The van der Waals surface area contributed by atoms with E-state index in [0.29, 0.717) is 150 Å². The van der Waals surface area contributed by atoms with Crippen LogP contribution in [-0.2, 0) is 47.4 Å². The van der Waals surface area contributed by atoms with Crippen molar-refractivity contribution in [3.63, 3.8) is 0 Å². The predicted octanol–water partition coefficient (Wildman–Crippen LogP) is 1.03. The van der Waals surface area contributed by atoms with Crippen molar-refractivity contribution in [3.05, 3.63) is 24.3 Å². The summed E-state index contributed by atoms with van der Waals surface area (Å²) in [5, 5.41) is 3.02. The highest BCUT2D eigenvalue weighted by Crippen LogP contribution is 2.19. The molecule has 0 amide bonds. The van der Waals surface area contributed by atoms with Crippen LogP contribution in [0.4, 0.5) is 5.69 Å². The summed E-state index contributed by atoms with van der Waals surface area (Å²) < 4.78 is 60.0. The van der Waals surface area contributed by atoms with Crippen LogP contribution in [0.2, 0.25) is 0 Å². The molecule has 0 aromatic heterocycles. The number of benzene rings is 1. The van der Waals surface area contributed by atoms with Gasteiger partial charge in [0.25, 0.3) is 0 Å². The van der Waals surface area contributed by atoms with Crippen LogP contribution in [-0.4, -0.2) is 152 Å². The lowest BCUT2D eigenvalue weighted by Crippen LogP contribution is -2.17. The molecule has 0 fully saturated rings. The van der Waals surface area contributed by atoms with E-state index in [2.05, 4.69) is 5.32 Å². The molecule has 0 saturated carbocycles. The fourth-order valence-electron chi connectivity index (χ4n) is 3.08. The normalized spacial score (nSPS) is 11.4. The first-order valence-electron chi connectivity index (χ1n) is 14.7. The highest BCUT2D eigenvalue weighted by Gasteiger charge is 1.99. The number of anilines is 1. The first-order chi connectivity index (χ1) is 20.8. The van der Waals surface area contributed by atoms with E-state index in [0.717, 1.165) is 6.54 Å². The Morgan fingerprint density at radius 3 is 1.02 bits per heavy atom. The van der Waals surface area contributed by atoms with E-state index in [1.165, 1.54) is 0 Å². The van der Waals surface area contributed by atoms with Crippen molar-refractivity contribution >= 4 is 5.69 Å². The molecule has 0 aliphatic rings. The lowest BCUT2D eigenvalue weighted by Gasteiger charge is -2.09. The number of hydrogen-bond donors (Lipinski definition) is 2. The molecular formula is C29H54N2O11. The van der Waals surface area contributed by atoms with Gasteiger partial charge in [-0.15, -0.1) is 0 Å². The van der Waals surface area contributed by atoms with Crippen molar-refractivity contribution in [2.75, 3.05) is 158 Å². The number of ether oxygens (including phenoxy) is 11. The Morgan fingerprint density at radius 2 is 0.714 bits per heavy atom. The van der Waals surface area contributed by atoms with Gasteiger partial charge in [-0.3, -0.25) is 0 Å². The minimum absolute atomic E-state index is 0.440. The number of nitrogens with one attached hydrogen (secondary N) is 1. The van der Waals surface area contributed by atoms with E-state index in [9.17, 15) is 0 Å². The van der Waals surface area contributed by atoms with Crippen molar-refractivity contribution in [2.45, 2.75) is 0 Å². The summed E-state index contributed by atoms with van der Waals surface area (Å²) in [5.41, 5.74) is 6.43. The summed E-state index contributed by atoms with van der Waals surface area (Å²) in [6.07, 6.45) is 0. The summed E-state index contributed by atoms with van der Waals surface area (Å²) >= 11 is 0. The maximum atomic E-state index is 5.81. The number of para-hydroxylation sites is 2. The van der Waals surface area contributed by atoms with Gasteiger partial charge < -0.3 is 63.2 Å². The van der Waals surface area contributed by atoms with Gasteiger partial charge in [0, 0.05) is 6.54 Å². The van der Waals surface area contributed by atoms with Gasteiger partial charge in [0.05, 0.1) is 138 Å². The van der Waals surface area contributed by atoms with Crippen LogP contribution < -0.4 is 15.8 Å². The van der Waals surface area contributed by atoms with Crippen LogP contribution in [0, 0.1) is 0 Å². The van der Waals surface area contributed by atoms with E-state index in [4.69, 9.17) is 57.8 Å². The Bertz CT molecular complexity index is 676. The molecule has 0 heterocycles. The van der Waals surface area contributed by atoms with Gasteiger partial charge in [-0.25, -0.2) is 0 Å². The number of hydrogen-bond acceptors (Lipinski definition) is 13. The Kier molecular flexibility index (Phi) is 29.5. The average Bonchev–Trinajstić information content (AvgIpc) is 3.00. The van der Waals surface area contributed by atoms with Crippen LogP contribution >= 0.6 is 0 Å². The molecule has 0 saturated heterocycles. The van der Waals surface area contributed by atoms with Crippen molar-refractivity contribution in [1.29, 1.82) is 0 Å². The molecule has 0 bridgehead atoms. The molecule has 0 aliphatic carbocycles. The number of likely N-dealkylation sites (N-methyl/N-ethyl adjacent to an activating group) is 1. The lowest BCUT2D eigenvalue weighted by atomic mass is 10.3. The topological polar surface area (TPSA) is 140 Å². The van der Waals surface area contributed by atoms with Crippen LogP contribution in [0.25, 0.3) is 0 Å². The van der Waals surface area contributed by atoms with E-state index in [-0.39, 0.29) is 0 Å². The lowest BCUT2D eigenvalue weighted by molar-refractivity contribution is -0.0266. The molecule has 42 heavy (non-hydrogen) atoms. The van der Waals surface area contributed by atoms with Crippen molar-refractivity contribution < 1.29 is 52.1 Å². The first-order valence-corrected chi connectivity index (χ1v) is 14.7. The molecule has 1 aromatic carbocycles. The molecule has 13 heteroatoms. The molecule has 1 rings (SSSR count). The average molecular weight is 607 g/mol. The molecule has 0 spiro atoms. The zero-order valence-electron chi connectivity index (χ0n) is 25.4. The van der Waals surface area contributed by atoms with Crippen LogP contribution in [0.1, 0.15) is 0 Å². The summed E-state index contributed by atoms with van der Waals surface area (Å²) in [6, 6.07) is 7.38. The van der Waals surface area contributed by atoms with Gasteiger partial charge in [-0.05, 0) is 19.2 Å². The maximum absolute atomic E-state index is 5.81. The van der Waals surface area contributed by atoms with Gasteiger partial charge >= 0.3 is 0 Å². The molecule has 246 valence electrons. The summed E-state index contributed by atoms with van der Waals surface area (Å²) in [5.74, 6) is 0.670. The monoisotopic (exact) mass is 606 g/mol. The van der Waals surface area contributed by atoms with Gasteiger partial charge in [-0.2, -0.15) is 0 Å². The Balaban J connectivity index is 1.63. The predicted molar refractivity (Wildman–Crippen MR) is 158 cm³/mol. The van der Waals surface area contributed by atoms with Gasteiger partial charge in [0.2, 0.25) is 0 Å². The van der Waals surface area contributed by atoms with Crippen molar-refractivity contribution in [2.24, 2.45) is 0 Å². The highest BCUT2D eigenvalue weighted by molar-refractivity contribution is 5.51. The Labute approximate surface area is 251 Å². The fraction of sp³-hybridized carbons (Fsp3) is 0.793. The second kappa shape index (κ2) is 32.3. The van der Waals surface area contributed by atoms with Gasteiger partial charge in [0.1, 0.15) is 12.4 Å². The maximum Gasteiger partial charge on any atom is 0.142 e. The minimum Gasteiger partial charge on any atom is -0.489 e. The Morgan fingerprint density at radius 1 is 0.429 bits per heavy atom. The van der Waals surface area contributed by atoms with E-state index in [1.807, 2.05) is 25.2 Å². The quantitative estimate of drug-likeness (QED) is 0.0854. The SMILES string of the molecule is CNCCOCCOCCOCCOCCOCCOCCOCCOCCOCCOCCOc1ccccc1N. The molecule has 13 nitrogen and oxygen atoms in total. The third kappa shape index (κ3) is 27.2. The van der Waals surface area contributed by atoms with Crippen LogP contribution in [0.3, 0.4) is 0 Å².